The molecule has 0 unspecified atom stereocenters. The lowest BCUT2D eigenvalue weighted by atomic mass is 10.1. The van der Waals surface area contributed by atoms with Crippen molar-refractivity contribution in [3.8, 4) is 0 Å². The van der Waals surface area contributed by atoms with Gasteiger partial charge in [-0.1, -0.05) is 30.3 Å². The van der Waals surface area contributed by atoms with Crippen molar-refractivity contribution in [3.63, 3.8) is 0 Å². The minimum atomic E-state index is -0.755. The summed E-state index contributed by atoms with van der Waals surface area (Å²) in [6, 6.07) is 8.88. The molecule has 5 nitrogen and oxygen atoms in total. The monoisotopic (exact) mass is 303 g/mol. The zero-order chi connectivity index (χ0) is 16.3. The second-order valence-electron chi connectivity index (χ2n) is 6.13. The SMILES string of the molecule is COC(=O)[C@@H]1C=C(c2ccccc2)CN1C(=O)OC(C)(C)C. The van der Waals surface area contributed by atoms with Gasteiger partial charge in [0.05, 0.1) is 13.7 Å². The molecule has 0 aromatic heterocycles. The first kappa shape index (κ1) is 16.1. The van der Waals surface area contributed by atoms with Crippen LogP contribution in [0, 0.1) is 0 Å². The van der Waals surface area contributed by atoms with E-state index in [-0.39, 0.29) is 0 Å². The van der Waals surface area contributed by atoms with Gasteiger partial charge in [0.15, 0.2) is 6.04 Å². The molecular weight excluding hydrogens is 282 g/mol. The van der Waals surface area contributed by atoms with E-state index in [2.05, 4.69) is 0 Å². The quantitative estimate of drug-likeness (QED) is 0.788. The lowest BCUT2D eigenvalue weighted by molar-refractivity contribution is -0.144. The van der Waals surface area contributed by atoms with Crippen LogP contribution in [0.4, 0.5) is 4.79 Å². The molecule has 0 spiro atoms. The number of esters is 1. The lowest BCUT2D eigenvalue weighted by Crippen LogP contribution is -2.44. The number of carbonyl (C=O) groups is 2. The van der Waals surface area contributed by atoms with Crippen molar-refractivity contribution >= 4 is 17.6 Å². The molecule has 1 aromatic rings. The first-order valence-corrected chi connectivity index (χ1v) is 7.15. The average molecular weight is 303 g/mol. The molecule has 1 amide bonds. The highest BCUT2D eigenvalue weighted by Crippen LogP contribution is 2.27. The Balaban J connectivity index is 2.25. The van der Waals surface area contributed by atoms with E-state index in [4.69, 9.17) is 9.47 Å². The van der Waals surface area contributed by atoms with E-state index in [1.165, 1.54) is 12.0 Å². The molecule has 0 radical (unpaired) electrons. The van der Waals surface area contributed by atoms with E-state index >= 15 is 0 Å². The third-order valence-corrected chi connectivity index (χ3v) is 3.25. The highest BCUT2D eigenvalue weighted by atomic mass is 16.6. The molecule has 2 rings (SSSR count). The van der Waals surface area contributed by atoms with Crippen molar-refractivity contribution in [2.45, 2.75) is 32.4 Å². The Hall–Kier alpha value is -2.30. The Morgan fingerprint density at radius 3 is 2.36 bits per heavy atom. The van der Waals surface area contributed by atoms with Crippen molar-refractivity contribution < 1.29 is 19.1 Å². The number of rotatable bonds is 2. The van der Waals surface area contributed by atoms with Crippen molar-refractivity contribution in [1.82, 2.24) is 4.90 Å². The normalized spacial score (nSPS) is 17.9. The van der Waals surface area contributed by atoms with Crippen LogP contribution in [0.5, 0.6) is 0 Å². The Bertz CT molecular complexity index is 586. The Morgan fingerprint density at radius 2 is 1.82 bits per heavy atom. The van der Waals surface area contributed by atoms with Gasteiger partial charge in [0.1, 0.15) is 5.60 Å². The molecule has 0 saturated carbocycles. The van der Waals surface area contributed by atoms with Crippen LogP contribution in [-0.4, -0.2) is 42.3 Å². The van der Waals surface area contributed by atoms with Gasteiger partial charge in [-0.05, 0) is 38.0 Å². The molecular formula is C17H21NO4. The van der Waals surface area contributed by atoms with Gasteiger partial charge in [0.25, 0.3) is 0 Å². The van der Waals surface area contributed by atoms with E-state index in [1.54, 1.807) is 26.8 Å². The second kappa shape index (κ2) is 6.22. The summed E-state index contributed by atoms with van der Waals surface area (Å²) in [5, 5.41) is 0. The molecule has 1 aliphatic rings. The number of methoxy groups -OCH3 is 1. The fourth-order valence-electron chi connectivity index (χ4n) is 2.27. The van der Waals surface area contributed by atoms with Crippen LogP contribution < -0.4 is 0 Å². The summed E-state index contributed by atoms with van der Waals surface area (Å²) in [6.45, 7) is 5.69. The maximum Gasteiger partial charge on any atom is 0.411 e. The van der Waals surface area contributed by atoms with Crippen LogP contribution >= 0.6 is 0 Å². The number of ether oxygens (including phenoxy) is 2. The summed E-state index contributed by atoms with van der Waals surface area (Å²) in [5.74, 6) is -0.475. The minimum Gasteiger partial charge on any atom is -0.467 e. The van der Waals surface area contributed by atoms with E-state index in [1.807, 2.05) is 30.3 Å². The topological polar surface area (TPSA) is 55.8 Å². The van der Waals surface area contributed by atoms with Crippen LogP contribution in [0.1, 0.15) is 26.3 Å². The fraction of sp³-hybridized carbons (Fsp3) is 0.412. The van der Waals surface area contributed by atoms with Gasteiger partial charge in [0.2, 0.25) is 0 Å². The predicted octanol–water partition coefficient (Wildman–Crippen LogP) is 2.86. The van der Waals surface area contributed by atoms with E-state index in [0.717, 1.165) is 11.1 Å². The van der Waals surface area contributed by atoms with Crippen LogP contribution in [-0.2, 0) is 14.3 Å². The van der Waals surface area contributed by atoms with Crippen molar-refractivity contribution in [3.05, 3.63) is 42.0 Å². The number of amides is 1. The van der Waals surface area contributed by atoms with Crippen molar-refractivity contribution in [2.75, 3.05) is 13.7 Å². The summed E-state index contributed by atoms with van der Waals surface area (Å²) >= 11 is 0. The summed E-state index contributed by atoms with van der Waals surface area (Å²) in [6.07, 6.45) is 1.23. The fourth-order valence-corrected chi connectivity index (χ4v) is 2.27. The number of benzene rings is 1. The van der Waals surface area contributed by atoms with Gasteiger partial charge >= 0.3 is 12.1 Å². The average Bonchev–Trinajstić information content (AvgIpc) is 2.91. The number of carbonyl (C=O) groups excluding carboxylic acids is 2. The zero-order valence-electron chi connectivity index (χ0n) is 13.3. The van der Waals surface area contributed by atoms with Gasteiger partial charge in [-0.25, -0.2) is 9.59 Å². The van der Waals surface area contributed by atoms with Crippen LogP contribution in [0.3, 0.4) is 0 Å². The highest BCUT2D eigenvalue weighted by Gasteiger charge is 2.37. The van der Waals surface area contributed by atoms with E-state index in [9.17, 15) is 9.59 Å². The van der Waals surface area contributed by atoms with Gasteiger partial charge < -0.3 is 9.47 Å². The molecule has 1 heterocycles. The molecule has 0 bridgehead atoms. The molecule has 1 aliphatic heterocycles. The molecule has 0 N–H and O–H groups in total. The first-order valence-electron chi connectivity index (χ1n) is 7.15. The molecule has 0 fully saturated rings. The van der Waals surface area contributed by atoms with Gasteiger partial charge in [-0.2, -0.15) is 0 Å². The first-order chi connectivity index (χ1) is 10.3. The Kier molecular flexibility index (Phi) is 4.54. The van der Waals surface area contributed by atoms with Crippen molar-refractivity contribution in [1.29, 1.82) is 0 Å². The third kappa shape index (κ3) is 3.67. The molecule has 1 aromatic carbocycles. The number of nitrogens with zero attached hydrogens (tertiary/aromatic N) is 1. The molecule has 0 aliphatic carbocycles. The summed E-state index contributed by atoms with van der Waals surface area (Å²) in [5.41, 5.74) is 1.26. The third-order valence-electron chi connectivity index (χ3n) is 3.25. The largest absolute Gasteiger partial charge is 0.467 e. The van der Waals surface area contributed by atoms with Crippen LogP contribution in [0.15, 0.2) is 36.4 Å². The summed E-state index contributed by atoms with van der Waals surface area (Å²) in [4.78, 5) is 25.7. The number of hydrogen-bond acceptors (Lipinski definition) is 4. The van der Waals surface area contributed by atoms with Gasteiger partial charge in [-0.15, -0.1) is 0 Å². The number of hydrogen-bond donors (Lipinski definition) is 0. The van der Waals surface area contributed by atoms with Gasteiger partial charge in [0, 0.05) is 0 Å². The molecule has 118 valence electrons. The van der Waals surface area contributed by atoms with E-state index < -0.39 is 23.7 Å². The molecule has 0 saturated heterocycles. The zero-order valence-corrected chi connectivity index (χ0v) is 13.3. The predicted molar refractivity (Wildman–Crippen MR) is 83.2 cm³/mol. The van der Waals surface area contributed by atoms with Crippen molar-refractivity contribution in [2.24, 2.45) is 0 Å². The smallest absolute Gasteiger partial charge is 0.411 e. The molecule has 5 heteroatoms. The Morgan fingerprint density at radius 1 is 1.18 bits per heavy atom. The molecule has 1 atom stereocenters. The molecule has 22 heavy (non-hydrogen) atoms. The standard InChI is InChI=1S/C17H21NO4/c1-17(2,3)22-16(20)18-11-13(10-14(18)15(19)21-4)12-8-6-5-7-9-12/h5-10,14H,11H2,1-4H3/t14-/m0/s1. The lowest BCUT2D eigenvalue weighted by Gasteiger charge is -2.27. The summed E-state index contributed by atoms with van der Waals surface area (Å²) < 4.78 is 10.2. The Labute approximate surface area is 130 Å². The van der Waals surface area contributed by atoms with Crippen LogP contribution in [0.2, 0.25) is 0 Å². The van der Waals surface area contributed by atoms with Gasteiger partial charge in [-0.3, -0.25) is 4.90 Å². The maximum atomic E-state index is 12.3. The van der Waals surface area contributed by atoms with E-state index in [0.29, 0.717) is 6.54 Å². The summed E-state index contributed by atoms with van der Waals surface area (Å²) in [7, 11) is 1.31. The maximum absolute atomic E-state index is 12.3. The minimum absolute atomic E-state index is 0.318. The second-order valence-corrected chi connectivity index (χ2v) is 6.13. The van der Waals surface area contributed by atoms with Crippen LogP contribution in [0.25, 0.3) is 5.57 Å². The highest BCUT2D eigenvalue weighted by molar-refractivity contribution is 5.90.